The van der Waals surface area contributed by atoms with Gasteiger partial charge in [-0.05, 0) is 29.2 Å². The van der Waals surface area contributed by atoms with Crippen molar-refractivity contribution in [2.75, 3.05) is 0 Å². The van der Waals surface area contributed by atoms with Crippen LogP contribution in [0.1, 0.15) is 25.3 Å². The summed E-state index contributed by atoms with van der Waals surface area (Å²) in [6, 6.07) is 7.93. The lowest BCUT2D eigenvalue weighted by atomic mass is 9.96. The average molecular weight is 250 g/mol. The molecule has 0 aromatic heterocycles. The minimum absolute atomic E-state index is 0.0170. The summed E-state index contributed by atoms with van der Waals surface area (Å²) in [6.45, 7) is 3.74. The molecule has 2 aromatic rings. The van der Waals surface area contributed by atoms with E-state index in [-0.39, 0.29) is 17.0 Å². The summed E-state index contributed by atoms with van der Waals surface area (Å²) >= 11 is 0. The summed E-state index contributed by atoms with van der Waals surface area (Å²) in [5, 5.41) is 0. The van der Waals surface area contributed by atoms with Crippen LogP contribution >= 0.6 is 0 Å². The Morgan fingerprint density at radius 1 is 0.889 bits per heavy atom. The molecule has 0 radical (unpaired) electrons. The molecule has 0 aliphatic carbocycles. The highest BCUT2D eigenvalue weighted by Crippen LogP contribution is 2.29. The SMILES string of the molecule is CC(C)c1cccc(-c2cc(F)cc(F)c2)c1F. The van der Waals surface area contributed by atoms with Crippen molar-refractivity contribution in [1.82, 2.24) is 0 Å². The van der Waals surface area contributed by atoms with E-state index in [4.69, 9.17) is 0 Å². The second-order valence-corrected chi connectivity index (χ2v) is 4.52. The van der Waals surface area contributed by atoms with Gasteiger partial charge >= 0.3 is 0 Å². The lowest BCUT2D eigenvalue weighted by Crippen LogP contribution is -1.96. The molecule has 2 rings (SSSR count). The Hall–Kier alpha value is -1.77. The molecule has 0 heterocycles. The van der Waals surface area contributed by atoms with Crippen LogP contribution in [0, 0.1) is 17.5 Å². The predicted molar refractivity (Wildman–Crippen MR) is 65.8 cm³/mol. The fraction of sp³-hybridized carbons (Fsp3) is 0.200. The monoisotopic (exact) mass is 250 g/mol. The van der Waals surface area contributed by atoms with Crippen molar-refractivity contribution in [3.8, 4) is 11.1 Å². The van der Waals surface area contributed by atoms with E-state index in [0.717, 1.165) is 18.2 Å². The standard InChI is InChI=1S/C15H13F3/c1-9(2)13-4-3-5-14(15(13)18)10-6-11(16)8-12(17)7-10/h3-9H,1-2H3. The zero-order valence-electron chi connectivity index (χ0n) is 10.2. The van der Waals surface area contributed by atoms with Crippen LogP contribution in [0.3, 0.4) is 0 Å². The van der Waals surface area contributed by atoms with E-state index in [0.29, 0.717) is 5.56 Å². The number of halogens is 3. The molecule has 0 spiro atoms. The van der Waals surface area contributed by atoms with Gasteiger partial charge in [0.1, 0.15) is 17.5 Å². The Morgan fingerprint density at radius 3 is 2.06 bits per heavy atom. The van der Waals surface area contributed by atoms with Crippen LogP contribution < -0.4 is 0 Å². The van der Waals surface area contributed by atoms with Crippen LogP contribution in [-0.4, -0.2) is 0 Å². The molecule has 2 aromatic carbocycles. The van der Waals surface area contributed by atoms with Gasteiger partial charge in [0.2, 0.25) is 0 Å². The normalized spacial score (nSPS) is 11.0. The molecule has 0 atom stereocenters. The highest BCUT2D eigenvalue weighted by Gasteiger charge is 2.13. The largest absolute Gasteiger partial charge is 0.207 e. The van der Waals surface area contributed by atoms with Crippen LogP contribution in [0.4, 0.5) is 13.2 Å². The van der Waals surface area contributed by atoms with E-state index in [1.54, 1.807) is 12.1 Å². The predicted octanol–water partition coefficient (Wildman–Crippen LogP) is 4.89. The van der Waals surface area contributed by atoms with Crippen LogP contribution in [0.2, 0.25) is 0 Å². The molecule has 0 unspecified atom stereocenters. The third-order valence-corrected chi connectivity index (χ3v) is 2.82. The maximum atomic E-state index is 14.2. The van der Waals surface area contributed by atoms with Crippen molar-refractivity contribution < 1.29 is 13.2 Å². The highest BCUT2D eigenvalue weighted by atomic mass is 19.1. The van der Waals surface area contributed by atoms with Gasteiger partial charge in [0.15, 0.2) is 0 Å². The summed E-state index contributed by atoms with van der Waals surface area (Å²) in [5.74, 6) is -1.82. The van der Waals surface area contributed by atoms with Crippen molar-refractivity contribution in [1.29, 1.82) is 0 Å². The minimum atomic E-state index is -0.709. The van der Waals surface area contributed by atoms with Crippen molar-refractivity contribution in [3.63, 3.8) is 0 Å². The average Bonchev–Trinajstić information content (AvgIpc) is 2.27. The number of rotatable bonds is 2. The molecule has 0 bridgehead atoms. The molecule has 3 heteroatoms. The molecule has 0 N–H and O–H groups in total. The van der Waals surface area contributed by atoms with Gasteiger partial charge in [0, 0.05) is 11.6 Å². The third kappa shape index (κ3) is 2.40. The summed E-state index contributed by atoms with van der Waals surface area (Å²) in [5.41, 5.74) is 0.976. The fourth-order valence-electron chi connectivity index (χ4n) is 1.93. The van der Waals surface area contributed by atoms with Gasteiger partial charge in [-0.15, -0.1) is 0 Å². The van der Waals surface area contributed by atoms with Gasteiger partial charge in [0.25, 0.3) is 0 Å². The van der Waals surface area contributed by atoms with Crippen LogP contribution in [0.15, 0.2) is 36.4 Å². The Bertz CT molecular complexity index is 554. The fourth-order valence-corrected chi connectivity index (χ4v) is 1.93. The molecule has 0 aliphatic rings. The Balaban J connectivity index is 2.60. The molecule has 0 nitrogen and oxygen atoms in total. The third-order valence-electron chi connectivity index (χ3n) is 2.82. The first-order chi connectivity index (χ1) is 8.49. The van der Waals surface area contributed by atoms with Gasteiger partial charge in [0.05, 0.1) is 0 Å². The maximum absolute atomic E-state index is 14.2. The van der Waals surface area contributed by atoms with E-state index in [2.05, 4.69) is 0 Å². The molecular formula is C15H13F3. The lowest BCUT2D eigenvalue weighted by molar-refractivity contribution is 0.582. The number of hydrogen-bond donors (Lipinski definition) is 0. The number of hydrogen-bond acceptors (Lipinski definition) is 0. The van der Waals surface area contributed by atoms with Gasteiger partial charge in [-0.25, -0.2) is 13.2 Å². The molecule has 0 saturated carbocycles. The van der Waals surface area contributed by atoms with E-state index in [9.17, 15) is 13.2 Å². The molecule has 0 saturated heterocycles. The first-order valence-electron chi connectivity index (χ1n) is 5.74. The minimum Gasteiger partial charge on any atom is -0.207 e. The van der Waals surface area contributed by atoms with Gasteiger partial charge in [-0.1, -0.05) is 32.0 Å². The summed E-state index contributed by atoms with van der Waals surface area (Å²) < 4.78 is 40.5. The van der Waals surface area contributed by atoms with Crippen molar-refractivity contribution in [2.24, 2.45) is 0 Å². The molecule has 0 aliphatic heterocycles. The lowest BCUT2D eigenvalue weighted by Gasteiger charge is -2.11. The quantitative estimate of drug-likeness (QED) is 0.711. The van der Waals surface area contributed by atoms with Crippen LogP contribution in [0.25, 0.3) is 11.1 Å². The Labute approximate surface area is 104 Å². The first-order valence-corrected chi connectivity index (χ1v) is 5.74. The van der Waals surface area contributed by atoms with Crippen molar-refractivity contribution in [3.05, 3.63) is 59.4 Å². The second kappa shape index (κ2) is 4.84. The molecule has 94 valence electrons. The second-order valence-electron chi connectivity index (χ2n) is 4.52. The highest BCUT2D eigenvalue weighted by molar-refractivity contribution is 5.65. The topological polar surface area (TPSA) is 0 Å². The Kier molecular flexibility index (Phi) is 3.41. The van der Waals surface area contributed by atoms with E-state index in [1.165, 1.54) is 6.07 Å². The smallest absolute Gasteiger partial charge is 0.134 e. The summed E-state index contributed by atoms with van der Waals surface area (Å²) in [7, 11) is 0. The summed E-state index contributed by atoms with van der Waals surface area (Å²) in [4.78, 5) is 0. The summed E-state index contributed by atoms with van der Waals surface area (Å²) in [6.07, 6.45) is 0. The van der Waals surface area contributed by atoms with E-state index < -0.39 is 17.5 Å². The molecular weight excluding hydrogens is 237 g/mol. The zero-order valence-corrected chi connectivity index (χ0v) is 10.2. The number of benzene rings is 2. The van der Waals surface area contributed by atoms with E-state index in [1.807, 2.05) is 13.8 Å². The van der Waals surface area contributed by atoms with Gasteiger partial charge in [-0.2, -0.15) is 0 Å². The maximum Gasteiger partial charge on any atom is 0.134 e. The van der Waals surface area contributed by atoms with Gasteiger partial charge < -0.3 is 0 Å². The van der Waals surface area contributed by atoms with Crippen molar-refractivity contribution in [2.45, 2.75) is 19.8 Å². The van der Waals surface area contributed by atoms with Crippen LogP contribution in [-0.2, 0) is 0 Å². The van der Waals surface area contributed by atoms with E-state index >= 15 is 0 Å². The molecule has 0 fully saturated rings. The first kappa shape index (κ1) is 12.7. The Morgan fingerprint density at radius 2 is 1.50 bits per heavy atom. The van der Waals surface area contributed by atoms with Gasteiger partial charge in [-0.3, -0.25) is 0 Å². The van der Waals surface area contributed by atoms with Crippen molar-refractivity contribution >= 4 is 0 Å². The van der Waals surface area contributed by atoms with Crippen LogP contribution in [0.5, 0.6) is 0 Å². The molecule has 0 amide bonds. The molecule has 18 heavy (non-hydrogen) atoms. The zero-order chi connectivity index (χ0) is 13.3.